The van der Waals surface area contributed by atoms with Crippen LogP contribution >= 0.6 is 0 Å². The van der Waals surface area contributed by atoms with Crippen molar-refractivity contribution in [2.45, 2.75) is 299 Å². The molecule has 10 heterocycles. The summed E-state index contributed by atoms with van der Waals surface area (Å²) in [5.41, 5.74) is -1.25. The second kappa shape index (κ2) is 38.7. The number of carbonyl (C=O) groups is 5. The molecule has 102 heavy (non-hydrogen) atoms. The lowest BCUT2D eigenvalue weighted by molar-refractivity contribution is -0.155. The molecular weight excluding hydrogens is 1310 g/mol. The molecule has 0 radical (unpaired) electrons. The van der Waals surface area contributed by atoms with Crippen LogP contribution in [0.25, 0.3) is 0 Å². The third-order valence-corrected chi connectivity index (χ3v) is 24.7. The number of Topliss-reactive ketones (excluding diaryl/α,β-unsaturated/α-hetero) is 5. The van der Waals surface area contributed by atoms with Gasteiger partial charge in [-0.05, 0) is 165 Å². The smallest absolute Gasteiger partial charge is 0.275 e. The number of carbonyl (C=O) groups excluding carboxylic acids is 5. The summed E-state index contributed by atoms with van der Waals surface area (Å²) in [7, 11) is 0. The van der Waals surface area contributed by atoms with Crippen molar-refractivity contribution in [3.63, 3.8) is 0 Å². The first-order valence-corrected chi connectivity index (χ1v) is 40.3. The van der Waals surface area contributed by atoms with E-state index in [1.807, 2.05) is 75.0 Å². The molecule has 22 heteroatoms. The van der Waals surface area contributed by atoms with Crippen molar-refractivity contribution in [1.82, 2.24) is 49.0 Å². The summed E-state index contributed by atoms with van der Waals surface area (Å²) in [6.45, 7) is 54.7. The number of nitrogens with zero attached hydrogens (tertiary/aromatic N) is 10. The maximum Gasteiger partial charge on any atom is 0.275 e. The van der Waals surface area contributed by atoms with Crippen molar-refractivity contribution < 1.29 is 54.7 Å². The van der Waals surface area contributed by atoms with Crippen LogP contribution in [0.5, 0.6) is 0 Å². The molecule has 0 aliphatic carbocycles. The Hall–Kier alpha value is -2.54. The highest BCUT2D eigenvalue weighted by molar-refractivity contribution is 5.82. The lowest BCUT2D eigenvalue weighted by atomic mass is 9.85. The summed E-state index contributed by atoms with van der Waals surface area (Å²) < 4.78 is 100. The van der Waals surface area contributed by atoms with E-state index in [-0.39, 0.29) is 116 Å². The molecule has 3 unspecified atom stereocenters. The zero-order valence-electron chi connectivity index (χ0n) is 67.3. The van der Waals surface area contributed by atoms with Gasteiger partial charge in [-0.15, -0.1) is 0 Å². The van der Waals surface area contributed by atoms with E-state index in [0.29, 0.717) is 107 Å². The highest BCUT2D eigenvalue weighted by Crippen LogP contribution is 2.42. The summed E-state index contributed by atoms with van der Waals surface area (Å²) in [6, 6.07) is 3.63. The van der Waals surface area contributed by atoms with Crippen LogP contribution in [-0.4, -0.2) is 293 Å². The number of likely N-dealkylation sites (tertiary alicyclic amines) is 10. The summed E-state index contributed by atoms with van der Waals surface area (Å²) in [5, 5.41) is 0. The predicted octanol–water partition coefficient (Wildman–Crippen LogP) is 12.9. The van der Waals surface area contributed by atoms with Crippen molar-refractivity contribution in [1.29, 1.82) is 0 Å². The maximum absolute atomic E-state index is 14.5. The van der Waals surface area contributed by atoms with E-state index in [0.717, 1.165) is 71.1 Å². The Labute approximate surface area is 613 Å². The summed E-state index contributed by atoms with van der Waals surface area (Å²) in [6.07, 6.45) is 7.61. The van der Waals surface area contributed by atoms with Gasteiger partial charge in [0, 0.05) is 200 Å². The van der Waals surface area contributed by atoms with Crippen molar-refractivity contribution in [2.75, 3.05) is 131 Å². The SMILES string of the molecule is CC(C)C(=O)CC1(F)CN(C2CCN(C(C)C)CC2)C1.CC(C)C(=O)CC1CCN(C2CN(C(C)C)C2)CC1.CC(C)C(=O)CC1CCN(C2CN(C(C)C)C2)CC1(F)F.CC(C)C(=O)CC1CCN(C2CN(C(C)C)C2)CC1(F)F.CC(C)C(=O)CC1CN(C2CCN(C(C)C)CC2(F)F)C1. The minimum atomic E-state index is -2.74. The van der Waals surface area contributed by atoms with E-state index in [9.17, 15) is 54.7 Å². The molecule has 10 fully saturated rings. The number of hydrogen-bond donors (Lipinski definition) is 0. The van der Waals surface area contributed by atoms with Crippen LogP contribution in [-0.2, 0) is 24.0 Å². The average Bonchev–Trinajstić information content (AvgIpc) is 0.797. The molecule has 15 nitrogen and oxygen atoms in total. The Balaban J connectivity index is 0.000000201. The van der Waals surface area contributed by atoms with Gasteiger partial charge in [-0.25, -0.2) is 30.7 Å². The van der Waals surface area contributed by atoms with E-state index in [4.69, 9.17) is 0 Å². The average molecular weight is 1460 g/mol. The number of ketones is 5. The Morgan fingerprint density at radius 3 is 0.971 bits per heavy atom. The first-order chi connectivity index (χ1) is 47.4. The van der Waals surface area contributed by atoms with E-state index < -0.39 is 41.3 Å². The lowest BCUT2D eigenvalue weighted by Crippen LogP contribution is -2.65. The minimum absolute atomic E-state index is 0.0291. The number of rotatable bonds is 25. The van der Waals surface area contributed by atoms with Gasteiger partial charge in [0.05, 0.1) is 25.7 Å². The molecule has 0 spiro atoms. The van der Waals surface area contributed by atoms with Gasteiger partial charge in [-0.2, -0.15) is 0 Å². The summed E-state index contributed by atoms with van der Waals surface area (Å²) in [4.78, 5) is 80.8. The van der Waals surface area contributed by atoms with Crippen LogP contribution in [0.3, 0.4) is 0 Å². The van der Waals surface area contributed by atoms with Crippen molar-refractivity contribution in [2.24, 2.45) is 53.3 Å². The molecule has 0 saturated carbocycles. The molecular formula is C80H143F7N10O5. The predicted molar refractivity (Wildman–Crippen MR) is 398 cm³/mol. The molecule has 0 N–H and O–H groups in total. The molecule has 0 aromatic rings. The highest BCUT2D eigenvalue weighted by atomic mass is 19.3. The fourth-order valence-electron chi connectivity index (χ4n) is 16.3. The van der Waals surface area contributed by atoms with Crippen LogP contribution < -0.4 is 0 Å². The fraction of sp³-hybridized carbons (Fsp3) is 0.938. The van der Waals surface area contributed by atoms with Crippen LogP contribution in [0.4, 0.5) is 30.7 Å². The fourth-order valence-corrected chi connectivity index (χ4v) is 16.3. The standard InChI is InChI=1S/3C16H28F2N2O.C16H29FN2O.C16H30N2O/c1-11(2)14(21)7-13-8-20(9-13)15-5-6-19(12(3)4)10-16(15,17)18;2*1-11(2)15(21)7-13-5-6-19(10-16(13,17)18)14-8-20(9-14)12(3)4;1-12(2)15(20)9-16(17)10-19(11-16)14-5-7-18(8-6-14)13(3)4;1-12(2)16(19)9-14-5-7-17(8-6-14)15-10-18(11-15)13(3)4/h11-13,15H,5-10H2,1-4H3;2*11-14H,5-10H2,1-4H3;12-14H,5-11H2,1-4H3;12-15H,5-11H2,1-4H3. The Kier molecular flexibility index (Phi) is 33.5. The van der Waals surface area contributed by atoms with Crippen molar-refractivity contribution in [3.05, 3.63) is 0 Å². The molecule has 0 aromatic heterocycles. The first-order valence-electron chi connectivity index (χ1n) is 40.3. The molecule has 592 valence electrons. The van der Waals surface area contributed by atoms with Gasteiger partial charge in [0.1, 0.15) is 34.6 Å². The van der Waals surface area contributed by atoms with E-state index in [1.54, 1.807) is 27.7 Å². The van der Waals surface area contributed by atoms with E-state index >= 15 is 0 Å². The normalized spacial score (nSPS) is 26.8. The van der Waals surface area contributed by atoms with Gasteiger partial charge >= 0.3 is 0 Å². The van der Waals surface area contributed by atoms with Gasteiger partial charge in [-0.3, -0.25) is 68.1 Å². The first kappa shape index (κ1) is 88.4. The molecule has 10 aliphatic heterocycles. The molecule has 10 aliphatic rings. The maximum atomic E-state index is 14.5. The Morgan fingerprint density at radius 1 is 0.294 bits per heavy atom. The number of alkyl halides is 7. The van der Waals surface area contributed by atoms with Crippen LogP contribution in [0.2, 0.25) is 0 Å². The largest absolute Gasteiger partial charge is 0.301 e. The zero-order valence-corrected chi connectivity index (χ0v) is 67.3. The third kappa shape index (κ3) is 25.5. The molecule has 10 saturated heterocycles. The third-order valence-electron chi connectivity index (χ3n) is 24.7. The Morgan fingerprint density at radius 2 is 0.627 bits per heavy atom. The Bertz CT molecular complexity index is 2510. The molecule has 0 amide bonds. The monoisotopic (exact) mass is 1460 g/mol. The van der Waals surface area contributed by atoms with Gasteiger partial charge in [0.15, 0.2) is 0 Å². The number of hydrogen-bond acceptors (Lipinski definition) is 15. The topological polar surface area (TPSA) is 118 Å². The van der Waals surface area contributed by atoms with Crippen LogP contribution in [0.15, 0.2) is 0 Å². The van der Waals surface area contributed by atoms with Crippen LogP contribution in [0, 0.1) is 53.3 Å². The summed E-state index contributed by atoms with van der Waals surface area (Å²) in [5.74, 6) is -8.14. The van der Waals surface area contributed by atoms with E-state index in [1.165, 1.54) is 39.0 Å². The highest BCUT2D eigenvalue weighted by Gasteiger charge is 2.53. The van der Waals surface area contributed by atoms with Gasteiger partial charge < -0.3 is 4.90 Å². The molecule has 10 rings (SSSR count). The minimum Gasteiger partial charge on any atom is -0.301 e. The molecule has 0 aromatic carbocycles. The quantitative estimate of drug-likeness (QED) is 0.0807. The second-order valence-electron chi connectivity index (χ2n) is 36.0. The van der Waals surface area contributed by atoms with Crippen LogP contribution in [0.1, 0.15) is 216 Å². The van der Waals surface area contributed by atoms with E-state index in [2.05, 4.69) is 84.8 Å². The summed E-state index contributed by atoms with van der Waals surface area (Å²) >= 11 is 0. The number of halogens is 7. The zero-order chi connectivity index (χ0) is 76.3. The van der Waals surface area contributed by atoms with Gasteiger partial charge in [0.2, 0.25) is 0 Å². The lowest BCUT2D eigenvalue weighted by Gasteiger charge is -2.50. The van der Waals surface area contributed by atoms with Crippen molar-refractivity contribution >= 4 is 28.9 Å². The number of piperidine rings is 5. The molecule has 0 bridgehead atoms. The van der Waals surface area contributed by atoms with Gasteiger partial charge in [0.25, 0.3) is 17.8 Å². The second-order valence-corrected chi connectivity index (χ2v) is 36.0. The molecule has 3 atom stereocenters. The van der Waals surface area contributed by atoms with Crippen molar-refractivity contribution in [3.8, 4) is 0 Å². The van der Waals surface area contributed by atoms with Gasteiger partial charge in [-0.1, -0.05) is 69.2 Å².